The molecule has 0 spiro atoms. The van der Waals surface area contributed by atoms with Crippen molar-refractivity contribution in [3.05, 3.63) is 24.8 Å². The molecule has 0 atom stereocenters. The summed E-state index contributed by atoms with van der Waals surface area (Å²) in [4.78, 5) is 0. The van der Waals surface area contributed by atoms with Crippen LogP contribution in [0.15, 0.2) is 24.8 Å². The van der Waals surface area contributed by atoms with Gasteiger partial charge in [-0.2, -0.15) is 0 Å². The lowest BCUT2D eigenvalue weighted by atomic mass is 10.1. The molecule has 2 heteroatoms. The lowest BCUT2D eigenvalue weighted by Crippen LogP contribution is -2.17. The third-order valence-electron chi connectivity index (χ3n) is 2.29. The fraction of sp³-hybridized carbons (Fsp3) is 0.714. The van der Waals surface area contributed by atoms with Gasteiger partial charge in [-0.1, -0.05) is 31.2 Å². The van der Waals surface area contributed by atoms with Crippen molar-refractivity contribution in [1.29, 1.82) is 0 Å². The lowest BCUT2D eigenvalue weighted by molar-refractivity contribution is -0.140. The molecule has 0 N–H and O–H groups in total. The van der Waals surface area contributed by atoms with Crippen LogP contribution < -0.4 is 0 Å². The Kier molecular flexibility index (Phi) is 12.0. The van der Waals surface area contributed by atoms with Gasteiger partial charge in [0.2, 0.25) is 0 Å². The summed E-state index contributed by atoms with van der Waals surface area (Å²) in [5.74, 6) is 0. The summed E-state index contributed by atoms with van der Waals surface area (Å²) < 4.78 is 11.0. The summed E-state index contributed by atoms with van der Waals surface area (Å²) in [6.07, 6.45) is 11.8. The first-order valence-corrected chi connectivity index (χ1v) is 6.35. The Bertz CT molecular complexity index is 170. The Morgan fingerprint density at radius 2 is 1.75 bits per heavy atom. The topological polar surface area (TPSA) is 18.5 Å². The van der Waals surface area contributed by atoms with Gasteiger partial charge in [0.1, 0.15) is 0 Å². The van der Waals surface area contributed by atoms with Crippen molar-refractivity contribution in [2.45, 2.75) is 52.2 Å². The average Bonchev–Trinajstić information content (AvgIpc) is 2.28. The van der Waals surface area contributed by atoms with Gasteiger partial charge < -0.3 is 9.47 Å². The van der Waals surface area contributed by atoms with Gasteiger partial charge in [-0.25, -0.2) is 0 Å². The summed E-state index contributed by atoms with van der Waals surface area (Å²) in [5.41, 5.74) is 0. The van der Waals surface area contributed by atoms with E-state index in [9.17, 15) is 0 Å². The summed E-state index contributed by atoms with van der Waals surface area (Å²) in [6.45, 7) is 9.11. The third kappa shape index (κ3) is 9.94. The zero-order valence-electron chi connectivity index (χ0n) is 10.8. The minimum absolute atomic E-state index is 0.00119. The molecule has 0 aliphatic rings. The molecule has 0 saturated carbocycles. The summed E-state index contributed by atoms with van der Waals surface area (Å²) in [6, 6.07) is 0. The number of rotatable bonds is 11. The van der Waals surface area contributed by atoms with Crippen LogP contribution in [0, 0.1) is 0 Å². The SMILES string of the molecule is C=C/C=C/CCCCCC(OCC)OCC. The van der Waals surface area contributed by atoms with Gasteiger partial charge in [0.05, 0.1) is 0 Å². The van der Waals surface area contributed by atoms with Gasteiger partial charge in [-0.3, -0.25) is 0 Å². The Labute approximate surface area is 100 Å². The molecule has 0 heterocycles. The molecule has 0 rings (SSSR count). The molecular weight excluding hydrogens is 200 g/mol. The van der Waals surface area contributed by atoms with Gasteiger partial charge >= 0.3 is 0 Å². The van der Waals surface area contributed by atoms with E-state index >= 15 is 0 Å². The van der Waals surface area contributed by atoms with E-state index in [-0.39, 0.29) is 6.29 Å². The maximum absolute atomic E-state index is 5.48. The van der Waals surface area contributed by atoms with E-state index in [2.05, 4.69) is 12.7 Å². The lowest BCUT2D eigenvalue weighted by Gasteiger charge is -2.16. The standard InChI is InChI=1S/C14H26O2/c1-4-7-8-9-10-11-12-13-14(15-5-2)16-6-3/h4,7-8,14H,1,5-6,9-13H2,2-3H3/b8-7+. The minimum Gasteiger partial charge on any atom is -0.353 e. The van der Waals surface area contributed by atoms with Crippen LogP contribution in [0.5, 0.6) is 0 Å². The number of hydrogen-bond acceptors (Lipinski definition) is 2. The Morgan fingerprint density at radius 1 is 1.06 bits per heavy atom. The molecular formula is C14H26O2. The first kappa shape index (κ1) is 15.4. The molecule has 0 saturated heterocycles. The van der Waals surface area contributed by atoms with Crippen molar-refractivity contribution in [1.82, 2.24) is 0 Å². The van der Waals surface area contributed by atoms with Crippen molar-refractivity contribution in [2.24, 2.45) is 0 Å². The van der Waals surface area contributed by atoms with Crippen molar-refractivity contribution in [3.63, 3.8) is 0 Å². The maximum atomic E-state index is 5.48. The Morgan fingerprint density at radius 3 is 2.31 bits per heavy atom. The second-order valence-corrected chi connectivity index (χ2v) is 3.64. The van der Waals surface area contributed by atoms with Crippen LogP contribution in [0.2, 0.25) is 0 Å². The third-order valence-corrected chi connectivity index (χ3v) is 2.29. The first-order chi connectivity index (χ1) is 7.85. The molecule has 0 bridgehead atoms. The Hall–Kier alpha value is -0.600. The summed E-state index contributed by atoms with van der Waals surface area (Å²) >= 11 is 0. The van der Waals surface area contributed by atoms with Crippen molar-refractivity contribution in [2.75, 3.05) is 13.2 Å². The fourth-order valence-electron chi connectivity index (χ4n) is 1.53. The van der Waals surface area contributed by atoms with Crippen LogP contribution in [0.4, 0.5) is 0 Å². The highest BCUT2D eigenvalue weighted by atomic mass is 16.7. The van der Waals surface area contributed by atoms with Crippen molar-refractivity contribution < 1.29 is 9.47 Å². The first-order valence-electron chi connectivity index (χ1n) is 6.35. The summed E-state index contributed by atoms with van der Waals surface area (Å²) in [7, 11) is 0. The second kappa shape index (κ2) is 12.5. The van der Waals surface area contributed by atoms with E-state index in [4.69, 9.17) is 9.47 Å². The van der Waals surface area contributed by atoms with E-state index in [0.717, 1.165) is 26.1 Å². The highest BCUT2D eigenvalue weighted by Gasteiger charge is 2.06. The molecule has 0 aliphatic carbocycles. The smallest absolute Gasteiger partial charge is 0.157 e. The van der Waals surface area contributed by atoms with Crippen molar-refractivity contribution in [3.8, 4) is 0 Å². The van der Waals surface area contributed by atoms with Gasteiger partial charge in [-0.05, 0) is 39.5 Å². The normalized spacial score (nSPS) is 11.4. The summed E-state index contributed by atoms with van der Waals surface area (Å²) in [5, 5.41) is 0. The number of allylic oxidation sites excluding steroid dienone is 3. The highest BCUT2D eigenvalue weighted by molar-refractivity contribution is 4.96. The van der Waals surface area contributed by atoms with Gasteiger partial charge in [0.15, 0.2) is 6.29 Å². The Balaban J connectivity index is 3.38. The van der Waals surface area contributed by atoms with E-state index in [1.54, 1.807) is 0 Å². The van der Waals surface area contributed by atoms with Crippen LogP contribution >= 0.6 is 0 Å². The number of hydrogen-bond donors (Lipinski definition) is 0. The maximum Gasteiger partial charge on any atom is 0.157 e. The zero-order chi connectivity index (χ0) is 12.1. The molecule has 0 radical (unpaired) electrons. The van der Waals surface area contributed by atoms with Crippen LogP contribution in [-0.2, 0) is 9.47 Å². The quantitative estimate of drug-likeness (QED) is 0.300. The predicted molar refractivity (Wildman–Crippen MR) is 69.5 cm³/mol. The monoisotopic (exact) mass is 226 g/mol. The van der Waals surface area contributed by atoms with Crippen molar-refractivity contribution >= 4 is 0 Å². The molecule has 16 heavy (non-hydrogen) atoms. The largest absolute Gasteiger partial charge is 0.353 e. The van der Waals surface area contributed by atoms with Crippen LogP contribution in [0.25, 0.3) is 0 Å². The van der Waals surface area contributed by atoms with E-state index in [1.165, 1.54) is 19.3 Å². The molecule has 0 amide bonds. The predicted octanol–water partition coefficient (Wildman–Crippen LogP) is 4.08. The van der Waals surface area contributed by atoms with Gasteiger partial charge in [0, 0.05) is 13.2 Å². The fourth-order valence-corrected chi connectivity index (χ4v) is 1.53. The molecule has 2 nitrogen and oxygen atoms in total. The van der Waals surface area contributed by atoms with Crippen LogP contribution in [-0.4, -0.2) is 19.5 Å². The molecule has 94 valence electrons. The molecule has 0 aromatic carbocycles. The van der Waals surface area contributed by atoms with Crippen LogP contribution in [0.1, 0.15) is 46.0 Å². The highest BCUT2D eigenvalue weighted by Crippen LogP contribution is 2.09. The molecule has 0 aromatic heterocycles. The molecule has 0 fully saturated rings. The minimum atomic E-state index is -0.00119. The molecule has 0 unspecified atom stereocenters. The number of ether oxygens (including phenoxy) is 2. The van der Waals surface area contributed by atoms with Crippen LogP contribution in [0.3, 0.4) is 0 Å². The molecule has 0 aliphatic heterocycles. The zero-order valence-corrected chi connectivity index (χ0v) is 10.8. The van der Waals surface area contributed by atoms with E-state index < -0.39 is 0 Å². The van der Waals surface area contributed by atoms with E-state index in [1.807, 2.05) is 26.0 Å². The average molecular weight is 226 g/mol. The number of unbranched alkanes of at least 4 members (excludes halogenated alkanes) is 3. The second-order valence-electron chi connectivity index (χ2n) is 3.64. The van der Waals surface area contributed by atoms with E-state index in [0.29, 0.717) is 0 Å². The van der Waals surface area contributed by atoms with Gasteiger partial charge in [-0.15, -0.1) is 0 Å². The molecule has 0 aromatic rings. The van der Waals surface area contributed by atoms with Gasteiger partial charge in [0.25, 0.3) is 0 Å².